The summed E-state index contributed by atoms with van der Waals surface area (Å²) < 4.78 is 51.0. The molecule has 0 heterocycles. The Morgan fingerprint density at radius 1 is 1.21 bits per heavy atom. The summed E-state index contributed by atoms with van der Waals surface area (Å²) in [6.07, 6.45) is -4.80. The van der Waals surface area contributed by atoms with Crippen molar-refractivity contribution < 1.29 is 27.4 Å². The molecule has 1 rings (SSSR count). The van der Waals surface area contributed by atoms with Crippen molar-refractivity contribution in [2.45, 2.75) is 37.9 Å². The molecule has 4 nitrogen and oxygen atoms in total. The van der Waals surface area contributed by atoms with E-state index in [9.17, 15) is 18.0 Å². The van der Waals surface area contributed by atoms with Gasteiger partial charge < -0.3 is 14.8 Å². The summed E-state index contributed by atoms with van der Waals surface area (Å²) in [5.74, 6) is -0.626. The lowest BCUT2D eigenvalue weighted by Crippen LogP contribution is -2.58. The number of benzene rings is 1. The number of nitrogens with one attached hydrogen (secondary N) is 1. The van der Waals surface area contributed by atoms with Gasteiger partial charge in [-0.05, 0) is 50.5 Å². The van der Waals surface area contributed by atoms with Crippen molar-refractivity contribution in [2.75, 3.05) is 24.9 Å². The van der Waals surface area contributed by atoms with Gasteiger partial charge in [-0.15, -0.1) is 11.6 Å². The first-order valence-electron chi connectivity index (χ1n) is 7.53. The number of halogens is 4. The van der Waals surface area contributed by atoms with Crippen molar-refractivity contribution in [2.24, 2.45) is 0 Å². The molecule has 0 amide bonds. The molecule has 1 N–H and O–H groups in total. The summed E-state index contributed by atoms with van der Waals surface area (Å²) >= 11 is 5.55. The van der Waals surface area contributed by atoms with Gasteiger partial charge in [-0.25, -0.2) is 4.79 Å². The topological polar surface area (TPSA) is 47.6 Å². The van der Waals surface area contributed by atoms with E-state index >= 15 is 0 Å². The number of alkyl halides is 4. The molecule has 0 bridgehead atoms. The number of rotatable bonds is 9. The van der Waals surface area contributed by atoms with Gasteiger partial charge in [0, 0.05) is 11.6 Å². The number of carbonyl (C=O) groups is 1. The molecule has 0 spiro atoms. The molecule has 0 radical (unpaired) electrons. The minimum Gasteiger partial charge on any atom is -0.497 e. The van der Waals surface area contributed by atoms with Crippen LogP contribution in [-0.2, 0) is 9.53 Å². The van der Waals surface area contributed by atoms with Gasteiger partial charge in [0.2, 0.25) is 5.54 Å². The van der Waals surface area contributed by atoms with Crippen LogP contribution in [0.1, 0.15) is 26.2 Å². The average Bonchev–Trinajstić information content (AvgIpc) is 2.53. The Labute approximate surface area is 144 Å². The number of methoxy groups -OCH3 is 1. The Kier molecular flexibility index (Phi) is 7.66. The Bertz CT molecular complexity index is 522. The monoisotopic (exact) mass is 367 g/mol. The highest BCUT2D eigenvalue weighted by Crippen LogP contribution is 2.39. The molecule has 1 aromatic carbocycles. The number of anilines is 1. The van der Waals surface area contributed by atoms with Crippen LogP contribution in [0.4, 0.5) is 18.9 Å². The summed E-state index contributed by atoms with van der Waals surface area (Å²) in [4.78, 5) is 12.2. The number of unbranched alkanes of at least 4 members (excludes halogenated alkanes) is 1. The predicted molar refractivity (Wildman–Crippen MR) is 86.6 cm³/mol. The molecule has 1 atom stereocenters. The molecule has 0 fully saturated rings. The second-order valence-corrected chi connectivity index (χ2v) is 5.50. The standard InChI is InChI=1S/C16H21ClF3NO3/c1-3-24-14(22)15(16(18,19)20,10-4-5-11-17)21-12-6-8-13(23-2)9-7-12/h6-9,21H,3-5,10-11H2,1-2H3/t15-/m1/s1. The maximum Gasteiger partial charge on any atom is 0.422 e. The van der Waals surface area contributed by atoms with E-state index in [2.05, 4.69) is 5.32 Å². The van der Waals surface area contributed by atoms with Gasteiger partial charge in [-0.2, -0.15) is 13.2 Å². The van der Waals surface area contributed by atoms with E-state index in [1.54, 1.807) is 0 Å². The van der Waals surface area contributed by atoms with Crippen LogP contribution in [0.25, 0.3) is 0 Å². The first-order valence-corrected chi connectivity index (χ1v) is 8.06. The zero-order valence-corrected chi connectivity index (χ0v) is 14.3. The van der Waals surface area contributed by atoms with Crippen molar-refractivity contribution in [3.63, 3.8) is 0 Å². The second kappa shape index (κ2) is 9.01. The summed E-state index contributed by atoms with van der Waals surface area (Å²) in [5, 5.41) is 2.33. The molecule has 0 unspecified atom stereocenters. The van der Waals surface area contributed by atoms with Crippen LogP contribution in [0, 0.1) is 0 Å². The summed E-state index contributed by atoms with van der Waals surface area (Å²) in [6, 6.07) is 5.85. The second-order valence-electron chi connectivity index (χ2n) is 5.12. The van der Waals surface area contributed by atoms with E-state index in [0.717, 1.165) is 0 Å². The molecule has 0 aliphatic carbocycles. The third-order valence-corrected chi connectivity index (χ3v) is 3.76. The van der Waals surface area contributed by atoms with Crippen LogP contribution in [0.15, 0.2) is 24.3 Å². The highest BCUT2D eigenvalue weighted by atomic mass is 35.5. The quantitative estimate of drug-likeness (QED) is 0.400. The summed E-state index contributed by atoms with van der Waals surface area (Å²) in [6.45, 7) is 1.32. The highest BCUT2D eigenvalue weighted by molar-refractivity contribution is 6.17. The third-order valence-electron chi connectivity index (χ3n) is 3.49. The molecule has 24 heavy (non-hydrogen) atoms. The third kappa shape index (κ3) is 4.93. The van der Waals surface area contributed by atoms with E-state index in [1.165, 1.54) is 38.3 Å². The molecular weight excluding hydrogens is 347 g/mol. The van der Waals surface area contributed by atoms with Gasteiger partial charge in [0.15, 0.2) is 0 Å². The van der Waals surface area contributed by atoms with Gasteiger partial charge in [-0.1, -0.05) is 0 Å². The van der Waals surface area contributed by atoms with E-state index in [4.69, 9.17) is 21.1 Å². The maximum atomic E-state index is 13.8. The Morgan fingerprint density at radius 3 is 2.29 bits per heavy atom. The van der Waals surface area contributed by atoms with Gasteiger partial charge in [-0.3, -0.25) is 0 Å². The fourth-order valence-electron chi connectivity index (χ4n) is 2.20. The molecule has 1 aromatic rings. The SMILES string of the molecule is CCOC(=O)[C@@](CCCCCl)(Nc1ccc(OC)cc1)C(F)(F)F. The van der Waals surface area contributed by atoms with Gasteiger partial charge in [0.05, 0.1) is 13.7 Å². The van der Waals surface area contributed by atoms with Crippen LogP contribution in [0.5, 0.6) is 5.75 Å². The lowest BCUT2D eigenvalue weighted by Gasteiger charge is -2.35. The molecule has 136 valence electrons. The van der Waals surface area contributed by atoms with Crippen molar-refractivity contribution in [1.82, 2.24) is 0 Å². The Morgan fingerprint density at radius 2 is 1.83 bits per heavy atom. The van der Waals surface area contributed by atoms with Crippen molar-refractivity contribution in [1.29, 1.82) is 0 Å². The van der Waals surface area contributed by atoms with Crippen molar-refractivity contribution in [3.8, 4) is 5.75 Å². The maximum absolute atomic E-state index is 13.8. The van der Waals surface area contributed by atoms with Gasteiger partial charge in [0.25, 0.3) is 0 Å². The van der Waals surface area contributed by atoms with Crippen LogP contribution in [0.2, 0.25) is 0 Å². The zero-order chi connectivity index (χ0) is 18.2. The largest absolute Gasteiger partial charge is 0.497 e. The molecule has 0 aromatic heterocycles. The Hall–Kier alpha value is -1.63. The lowest BCUT2D eigenvalue weighted by molar-refractivity contribution is -0.201. The summed E-state index contributed by atoms with van der Waals surface area (Å²) in [5.41, 5.74) is -2.67. The summed E-state index contributed by atoms with van der Waals surface area (Å²) in [7, 11) is 1.45. The molecular formula is C16H21ClF3NO3. The van der Waals surface area contributed by atoms with Gasteiger partial charge >= 0.3 is 12.1 Å². The fraction of sp³-hybridized carbons (Fsp3) is 0.562. The number of carbonyl (C=O) groups excluding carboxylic acids is 1. The average molecular weight is 368 g/mol. The lowest BCUT2D eigenvalue weighted by atomic mass is 9.91. The van der Waals surface area contributed by atoms with Crippen molar-refractivity contribution in [3.05, 3.63) is 24.3 Å². The molecule has 0 aliphatic heterocycles. The molecule has 8 heteroatoms. The first-order chi connectivity index (χ1) is 11.3. The van der Waals surface area contributed by atoms with E-state index in [-0.39, 0.29) is 24.6 Å². The zero-order valence-electron chi connectivity index (χ0n) is 13.6. The smallest absolute Gasteiger partial charge is 0.422 e. The molecule has 0 saturated carbocycles. The number of ether oxygens (including phenoxy) is 2. The minimum absolute atomic E-state index is 0.130. The van der Waals surface area contributed by atoms with E-state index < -0.39 is 24.1 Å². The number of hydrogen-bond donors (Lipinski definition) is 1. The van der Waals surface area contributed by atoms with E-state index in [0.29, 0.717) is 12.2 Å². The Balaban J connectivity index is 3.18. The fourth-order valence-corrected chi connectivity index (χ4v) is 2.39. The molecule has 0 aliphatic rings. The first kappa shape index (κ1) is 20.4. The van der Waals surface area contributed by atoms with Crippen LogP contribution < -0.4 is 10.1 Å². The van der Waals surface area contributed by atoms with Crippen molar-refractivity contribution >= 4 is 23.3 Å². The number of esters is 1. The van der Waals surface area contributed by atoms with Crippen LogP contribution in [0.3, 0.4) is 0 Å². The molecule has 0 saturated heterocycles. The predicted octanol–water partition coefficient (Wildman–Crippen LogP) is 4.38. The minimum atomic E-state index is -4.83. The van der Waals surface area contributed by atoms with Crippen LogP contribution in [-0.4, -0.2) is 37.3 Å². The normalized spacial score (nSPS) is 13.9. The van der Waals surface area contributed by atoms with Crippen LogP contribution >= 0.6 is 11.6 Å². The number of hydrogen-bond acceptors (Lipinski definition) is 4. The van der Waals surface area contributed by atoms with E-state index in [1.807, 2.05) is 0 Å². The van der Waals surface area contributed by atoms with Gasteiger partial charge in [0.1, 0.15) is 5.75 Å². The highest BCUT2D eigenvalue weighted by Gasteiger charge is 2.61.